The van der Waals surface area contributed by atoms with Gasteiger partial charge in [-0.3, -0.25) is 9.59 Å². The van der Waals surface area contributed by atoms with E-state index in [0.717, 1.165) is 16.8 Å². The number of carbonyl (C=O) groups excluding carboxylic acids is 2. The Morgan fingerprint density at radius 1 is 1.44 bits per heavy atom. The van der Waals surface area contributed by atoms with Crippen molar-refractivity contribution in [3.63, 3.8) is 0 Å². The number of fused-ring (bicyclic) bond motifs is 1. The van der Waals surface area contributed by atoms with Crippen LogP contribution < -0.4 is 5.32 Å². The minimum Gasteiger partial charge on any atom is -0.379 e. The maximum Gasteiger partial charge on any atom is 0.228 e. The fraction of sp³-hybridized carbons (Fsp3) is 0.429. The van der Waals surface area contributed by atoms with Crippen LogP contribution in [0.5, 0.6) is 0 Å². The summed E-state index contributed by atoms with van der Waals surface area (Å²) in [6.07, 6.45) is 0.938. The highest BCUT2D eigenvalue weighted by Gasteiger charge is 2.41. The predicted molar refractivity (Wildman–Crippen MR) is 66.6 cm³/mol. The average molecular weight is 245 g/mol. The molecule has 18 heavy (non-hydrogen) atoms. The number of hydrogen-bond donors (Lipinski definition) is 1. The molecule has 2 aliphatic rings. The molecule has 0 bridgehead atoms. The molecule has 1 saturated heterocycles. The molecule has 1 N–H and O–H groups in total. The van der Waals surface area contributed by atoms with E-state index in [9.17, 15) is 9.59 Å². The summed E-state index contributed by atoms with van der Waals surface area (Å²) in [7, 11) is 0. The predicted octanol–water partition coefficient (Wildman–Crippen LogP) is 1.43. The number of benzene rings is 1. The Hall–Kier alpha value is -1.68. The Morgan fingerprint density at radius 2 is 2.22 bits per heavy atom. The molecule has 0 unspecified atom stereocenters. The van der Waals surface area contributed by atoms with E-state index in [1.54, 1.807) is 6.92 Å². The standard InChI is InChI=1S/C14H15NO3/c1-9(16)6-14(7-18-8-14)11-2-3-12-10(4-11)5-13(17)15-12/h2-4H,5-8H2,1H3,(H,15,17). The van der Waals surface area contributed by atoms with Gasteiger partial charge >= 0.3 is 0 Å². The van der Waals surface area contributed by atoms with E-state index in [1.165, 1.54) is 0 Å². The second-order valence-corrected chi connectivity index (χ2v) is 5.25. The van der Waals surface area contributed by atoms with Gasteiger partial charge in [-0.2, -0.15) is 0 Å². The normalized spacial score (nSPS) is 19.9. The van der Waals surface area contributed by atoms with Crippen molar-refractivity contribution in [2.24, 2.45) is 0 Å². The van der Waals surface area contributed by atoms with E-state index >= 15 is 0 Å². The molecule has 2 aliphatic heterocycles. The molecule has 4 heteroatoms. The van der Waals surface area contributed by atoms with Gasteiger partial charge in [0.15, 0.2) is 0 Å². The summed E-state index contributed by atoms with van der Waals surface area (Å²) in [5, 5.41) is 2.82. The first-order chi connectivity index (χ1) is 8.59. The van der Waals surface area contributed by atoms with E-state index < -0.39 is 0 Å². The van der Waals surface area contributed by atoms with Gasteiger partial charge in [-0.05, 0) is 24.1 Å². The summed E-state index contributed by atoms with van der Waals surface area (Å²) in [4.78, 5) is 22.7. The van der Waals surface area contributed by atoms with Crippen LogP contribution in [-0.4, -0.2) is 24.9 Å². The molecule has 2 heterocycles. The van der Waals surface area contributed by atoms with Crippen LogP contribution in [0, 0.1) is 0 Å². The number of amides is 1. The van der Waals surface area contributed by atoms with E-state index in [4.69, 9.17) is 4.74 Å². The van der Waals surface area contributed by atoms with E-state index in [-0.39, 0.29) is 17.1 Å². The molecule has 3 rings (SSSR count). The van der Waals surface area contributed by atoms with Gasteiger partial charge < -0.3 is 10.1 Å². The molecule has 1 aromatic rings. The maximum absolute atomic E-state index is 11.4. The van der Waals surface area contributed by atoms with E-state index in [2.05, 4.69) is 5.32 Å². The Kier molecular flexibility index (Phi) is 2.48. The summed E-state index contributed by atoms with van der Waals surface area (Å²) < 4.78 is 5.30. The van der Waals surface area contributed by atoms with Crippen LogP contribution in [0.15, 0.2) is 18.2 Å². The molecule has 0 radical (unpaired) electrons. The van der Waals surface area contributed by atoms with Gasteiger partial charge in [0.05, 0.1) is 19.6 Å². The first-order valence-corrected chi connectivity index (χ1v) is 6.09. The molecular weight excluding hydrogens is 230 g/mol. The number of Topliss-reactive ketones (excluding diaryl/α,β-unsaturated/α-hetero) is 1. The number of ketones is 1. The lowest BCUT2D eigenvalue weighted by Gasteiger charge is -2.41. The first kappa shape index (κ1) is 11.4. The number of hydrogen-bond acceptors (Lipinski definition) is 3. The Labute approximate surface area is 105 Å². The van der Waals surface area contributed by atoms with Gasteiger partial charge in [-0.25, -0.2) is 0 Å². The molecule has 0 spiro atoms. The fourth-order valence-corrected chi connectivity index (χ4v) is 2.75. The lowest BCUT2D eigenvalue weighted by atomic mass is 9.74. The number of nitrogens with one attached hydrogen (secondary N) is 1. The third-order valence-electron chi connectivity index (χ3n) is 3.69. The van der Waals surface area contributed by atoms with Crippen molar-refractivity contribution in [1.29, 1.82) is 0 Å². The lowest BCUT2D eigenvalue weighted by molar-refractivity contribution is -0.125. The minimum atomic E-state index is -0.174. The zero-order chi connectivity index (χ0) is 12.8. The van der Waals surface area contributed by atoms with Gasteiger partial charge in [0.25, 0.3) is 0 Å². The van der Waals surface area contributed by atoms with Crippen LogP contribution in [0.25, 0.3) is 0 Å². The van der Waals surface area contributed by atoms with E-state index in [1.807, 2.05) is 18.2 Å². The number of ether oxygens (including phenoxy) is 1. The van der Waals surface area contributed by atoms with Gasteiger partial charge in [-0.1, -0.05) is 12.1 Å². The molecule has 1 fully saturated rings. The van der Waals surface area contributed by atoms with Crippen LogP contribution in [0.1, 0.15) is 24.5 Å². The number of carbonyl (C=O) groups is 2. The molecule has 0 atom stereocenters. The first-order valence-electron chi connectivity index (χ1n) is 6.09. The molecule has 4 nitrogen and oxygen atoms in total. The zero-order valence-electron chi connectivity index (χ0n) is 10.3. The van der Waals surface area contributed by atoms with Gasteiger partial charge in [-0.15, -0.1) is 0 Å². The van der Waals surface area contributed by atoms with Crippen LogP contribution in [-0.2, 0) is 26.2 Å². The largest absolute Gasteiger partial charge is 0.379 e. The second-order valence-electron chi connectivity index (χ2n) is 5.25. The Balaban J connectivity index is 1.95. The van der Waals surface area contributed by atoms with Crippen molar-refractivity contribution in [1.82, 2.24) is 0 Å². The molecular formula is C14H15NO3. The van der Waals surface area contributed by atoms with Crippen LogP contribution >= 0.6 is 0 Å². The monoisotopic (exact) mass is 245 g/mol. The topological polar surface area (TPSA) is 55.4 Å². The van der Waals surface area contributed by atoms with Crippen LogP contribution in [0.3, 0.4) is 0 Å². The molecule has 1 amide bonds. The summed E-state index contributed by atoms with van der Waals surface area (Å²) in [5.41, 5.74) is 2.85. The third kappa shape index (κ3) is 1.73. The minimum absolute atomic E-state index is 0.0348. The van der Waals surface area contributed by atoms with E-state index in [0.29, 0.717) is 26.1 Å². The van der Waals surface area contributed by atoms with Gasteiger partial charge in [0, 0.05) is 17.5 Å². The third-order valence-corrected chi connectivity index (χ3v) is 3.69. The maximum atomic E-state index is 11.4. The fourth-order valence-electron chi connectivity index (χ4n) is 2.75. The van der Waals surface area contributed by atoms with Crippen molar-refractivity contribution in [2.45, 2.75) is 25.2 Å². The molecule has 94 valence electrons. The molecule has 0 saturated carbocycles. The summed E-state index contributed by atoms with van der Waals surface area (Å²) in [5.74, 6) is 0.209. The summed E-state index contributed by atoms with van der Waals surface area (Å²) in [6, 6.07) is 5.96. The van der Waals surface area contributed by atoms with Crippen LogP contribution in [0.2, 0.25) is 0 Å². The molecule has 1 aromatic carbocycles. The average Bonchev–Trinajstić information content (AvgIpc) is 2.62. The second kappa shape index (κ2) is 3.92. The van der Waals surface area contributed by atoms with Gasteiger partial charge in [0.2, 0.25) is 5.91 Å². The molecule has 0 aliphatic carbocycles. The SMILES string of the molecule is CC(=O)CC1(c2ccc3c(c2)CC(=O)N3)COC1. The van der Waals surface area contributed by atoms with Crippen molar-refractivity contribution in [3.05, 3.63) is 29.3 Å². The van der Waals surface area contributed by atoms with Crippen molar-refractivity contribution < 1.29 is 14.3 Å². The number of anilines is 1. The van der Waals surface area contributed by atoms with Gasteiger partial charge in [0.1, 0.15) is 5.78 Å². The number of rotatable bonds is 3. The smallest absolute Gasteiger partial charge is 0.228 e. The quantitative estimate of drug-likeness (QED) is 0.876. The van der Waals surface area contributed by atoms with Crippen LogP contribution in [0.4, 0.5) is 5.69 Å². The van der Waals surface area contributed by atoms with Crippen molar-refractivity contribution in [2.75, 3.05) is 18.5 Å². The Morgan fingerprint density at radius 3 is 2.83 bits per heavy atom. The Bertz CT molecular complexity index is 532. The highest BCUT2D eigenvalue weighted by atomic mass is 16.5. The zero-order valence-corrected chi connectivity index (χ0v) is 10.3. The molecule has 0 aromatic heterocycles. The highest BCUT2D eigenvalue weighted by Crippen LogP contribution is 2.38. The van der Waals surface area contributed by atoms with Crippen molar-refractivity contribution >= 4 is 17.4 Å². The highest BCUT2D eigenvalue weighted by molar-refractivity contribution is 5.99. The van der Waals surface area contributed by atoms with Crippen molar-refractivity contribution in [3.8, 4) is 0 Å². The summed E-state index contributed by atoms with van der Waals surface area (Å²) >= 11 is 0. The summed E-state index contributed by atoms with van der Waals surface area (Å²) in [6.45, 7) is 2.79. The lowest BCUT2D eigenvalue weighted by Crippen LogP contribution is -2.48.